The van der Waals surface area contributed by atoms with Gasteiger partial charge in [0, 0.05) is 4.88 Å². The van der Waals surface area contributed by atoms with Gasteiger partial charge in [0.25, 0.3) is 0 Å². The topological polar surface area (TPSA) is 71.5 Å². The van der Waals surface area contributed by atoms with E-state index in [2.05, 4.69) is 10.3 Å². The van der Waals surface area contributed by atoms with Crippen molar-refractivity contribution >= 4 is 22.6 Å². The van der Waals surface area contributed by atoms with E-state index in [0.717, 1.165) is 4.88 Å². The minimum absolute atomic E-state index is 0.127. The Balaban J connectivity index is 2.63. The fourth-order valence-corrected chi connectivity index (χ4v) is 1.83. The van der Waals surface area contributed by atoms with Crippen molar-refractivity contribution in [2.24, 2.45) is 0 Å². The van der Waals surface area contributed by atoms with Gasteiger partial charge in [-0.1, -0.05) is 0 Å². The lowest BCUT2D eigenvalue weighted by Crippen LogP contribution is -2.27. The first-order valence-electron chi connectivity index (χ1n) is 4.89. The largest absolute Gasteiger partial charge is 0.444 e. The Morgan fingerprint density at radius 1 is 1.56 bits per heavy atom. The van der Waals surface area contributed by atoms with Crippen molar-refractivity contribution in [1.29, 1.82) is 0 Å². The minimum atomic E-state index is -0.536. The molecule has 0 saturated carbocycles. The molecule has 1 aromatic rings. The molecule has 0 aromatic carbocycles. The first kappa shape index (κ1) is 12.9. The smallest absolute Gasteiger partial charge is 0.413 e. The van der Waals surface area contributed by atoms with E-state index in [-0.39, 0.29) is 6.61 Å². The van der Waals surface area contributed by atoms with Crippen molar-refractivity contribution in [3.8, 4) is 0 Å². The summed E-state index contributed by atoms with van der Waals surface area (Å²) in [6.07, 6.45) is -0.536. The summed E-state index contributed by atoms with van der Waals surface area (Å²) in [5.74, 6) is 0. The van der Waals surface area contributed by atoms with Crippen LogP contribution >= 0.6 is 11.3 Å². The van der Waals surface area contributed by atoms with Gasteiger partial charge in [-0.05, 0) is 27.7 Å². The molecule has 0 unspecified atom stereocenters. The first-order valence-corrected chi connectivity index (χ1v) is 5.70. The average Bonchev–Trinajstić information content (AvgIpc) is 2.42. The van der Waals surface area contributed by atoms with E-state index in [1.807, 2.05) is 6.92 Å². The molecule has 0 saturated heterocycles. The molecule has 16 heavy (non-hydrogen) atoms. The maximum absolute atomic E-state index is 11.4. The molecule has 90 valence electrons. The minimum Gasteiger partial charge on any atom is -0.444 e. The molecular weight excluding hydrogens is 228 g/mol. The second-order valence-electron chi connectivity index (χ2n) is 4.31. The van der Waals surface area contributed by atoms with Crippen LogP contribution in [-0.4, -0.2) is 21.8 Å². The Kier molecular flexibility index (Phi) is 3.88. The molecule has 0 atom stereocenters. The predicted octanol–water partition coefficient (Wildman–Crippen LogP) is 2.29. The van der Waals surface area contributed by atoms with Gasteiger partial charge in [0.15, 0.2) is 5.13 Å². The van der Waals surface area contributed by atoms with Crippen LogP contribution in [0.25, 0.3) is 0 Å². The summed E-state index contributed by atoms with van der Waals surface area (Å²) in [5.41, 5.74) is 0.0481. The maximum Gasteiger partial charge on any atom is 0.413 e. The fourth-order valence-electron chi connectivity index (χ4n) is 1.02. The van der Waals surface area contributed by atoms with E-state index in [4.69, 9.17) is 9.84 Å². The highest BCUT2D eigenvalue weighted by Gasteiger charge is 2.17. The number of ether oxygens (including phenoxy) is 1. The second kappa shape index (κ2) is 4.80. The second-order valence-corrected chi connectivity index (χ2v) is 5.51. The monoisotopic (exact) mass is 244 g/mol. The molecule has 0 aliphatic heterocycles. The van der Waals surface area contributed by atoms with E-state index in [9.17, 15) is 4.79 Å². The van der Waals surface area contributed by atoms with Gasteiger partial charge in [0.1, 0.15) is 5.60 Å². The van der Waals surface area contributed by atoms with Crippen LogP contribution in [0.5, 0.6) is 0 Å². The number of aliphatic hydroxyl groups excluding tert-OH is 1. The molecule has 0 fully saturated rings. The lowest BCUT2D eigenvalue weighted by Gasteiger charge is -2.18. The summed E-state index contributed by atoms with van der Waals surface area (Å²) in [6, 6.07) is 0. The van der Waals surface area contributed by atoms with Crippen molar-refractivity contribution < 1.29 is 14.6 Å². The van der Waals surface area contributed by atoms with Crippen LogP contribution in [0.2, 0.25) is 0 Å². The number of rotatable bonds is 2. The van der Waals surface area contributed by atoms with Crippen LogP contribution in [0.3, 0.4) is 0 Å². The molecule has 2 N–H and O–H groups in total. The number of carbonyl (C=O) groups is 1. The Bertz CT molecular complexity index is 382. The lowest BCUT2D eigenvalue weighted by molar-refractivity contribution is 0.0636. The number of nitrogens with one attached hydrogen (secondary N) is 1. The fraction of sp³-hybridized carbons (Fsp3) is 0.600. The number of thiazole rings is 1. The number of carbonyl (C=O) groups excluding carboxylic acids is 1. The Morgan fingerprint density at radius 3 is 2.62 bits per heavy atom. The standard InChI is InChI=1S/C10H16N2O3S/c1-6-7(5-13)11-8(16-6)12-9(14)15-10(2,3)4/h13H,5H2,1-4H3,(H,11,12,14). The lowest BCUT2D eigenvalue weighted by atomic mass is 10.2. The summed E-state index contributed by atoms with van der Waals surface area (Å²) in [7, 11) is 0. The highest BCUT2D eigenvalue weighted by atomic mass is 32.1. The Hall–Kier alpha value is -1.14. The average molecular weight is 244 g/mol. The van der Waals surface area contributed by atoms with Crippen molar-refractivity contribution in [3.63, 3.8) is 0 Å². The van der Waals surface area contributed by atoms with Gasteiger partial charge in [0.05, 0.1) is 12.3 Å². The van der Waals surface area contributed by atoms with E-state index >= 15 is 0 Å². The molecule has 0 aliphatic rings. The van der Waals surface area contributed by atoms with E-state index in [1.165, 1.54) is 11.3 Å². The van der Waals surface area contributed by atoms with Crippen LogP contribution in [0.15, 0.2) is 0 Å². The van der Waals surface area contributed by atoms with Crippen LogP contribution in [0.1, 0.15) is 31.3 Å². The molecular formula is C10H16N2O3S. The molecule has 1 aromatic heterocycles. The van der Waals surface area contributed by atoms with E-state index < -0.39 is 11.7 Å². The molecule has 1 rings (SSSR count). The van der Waals surface area contributed by atoms with E-state index in [1.54, 1.807) is 20.8 Å². The van der Waals surface area contributed by atoms with Crippen molar-refractivity contribution in [1.82, 2.24) is 4.98 Å². The summed E-state index contributed by atoms with van der Waals surface area (Å²) >= 11 is 1.31. The predicted molar refractivity (Wildman–Crippen MR) is 62.6 cm³/mol. The zero-order valence-corrected chi connectivity index (χ0v) is 10.6. The number of nitrogens with zero attached hydrogens (tertiary/aromatic N) is 1. The van der Waals surface area contributed by atoms with Crippen LogP contribution in [0.4, 0.5) is 9.93 Å². The van der Waals surface area contributed by atoms with Crippen LogP contribution in [-0.2, 0) is 11.3 Å². The van der Waals surface area contributed by atoms with Gasteiger partial charge in [0.2, 0.25) is 0 Å². The van der Waals surface area contributed by atoms with Gasteiger partial charge < -0.3 is 9.84 Å². The Morgan fingerprint density at radius 2 is 2.19 bits per heavy atom. The third-order valence-corrected chi connectivity index (χ3v) is 2.58. The molecule has 5 nitrogen and oxygen atoms in total. The number of aliphatic hydroxyl groups is 1. The molecule has 0 bridgehead atoms. The van der Waals surface area contributed by atoms with Crippen LogP contribution in [0, 0.1) is 6.92 Å². The van der Waals surface area contributed by atoms with E-state index in [0.29, 0.717) is 10.8 Å². The third kappa shape index (κ3) is 3.79. The number of hydrogen-bond donors (Lipinski definition) is 2. The van der Waals surface area contributed by atoms with Crippen molar-refractivity contribution in [3.05, 3.63) is 10.6 Å². The quantitative estimate of drug-likeness (QED) is 0.837. The Labute approximate surface area is 98.5 Å². The van der Waals surface area contributed by atoms with Crippen molar-refractivity contribution in [2.45, 2.75) is 39.9 Å². The molecule has 0 spiro atoms. The molecule has 0 radical (unpaired) electrons. The molecule has 6 heteroatoms. The normalized spacial score (nSPS) is 11.3. The number of hydrogen-bond acceptors (Lipinski definition) is 5. The summed E-state index contributed by atoms with van der Waals surface area (Å²) < 4.78 is 5.08. The summed E-state index contributed by atoms with van der Waals surface area (Å²) in [5, 5.41) is 11.9. The van der Waals surface area contributed by atoms with Gasteiger partial charge in [-0.2, -0.15) is 0 Å². The zero-order valence-electron chi connectivity index (χ0n) is 9.83. The van der Waals surface area contributed by atoms with Gasteiger partial charge >= 0.3 is 6.09 Å². The SMILES string of the molecule is Cc1sc(NC(=O)OC(C)(C)C)nc1CO. The molecule has 0 aliphatic carbocycles. The van der Waals surface area contributed by atoms with Gasteiger partial charge in [-0.15, -0.1) is 11.3 Å². The van der Waals surface area contributed by atoms with Gasteiger partial charge in [-0.3, -0.25) is 5.32 Å². The number of aryl methyl sites for hydroxylation is 1. The number of anilines is 1. The maximum atomic E-state index is 11.4. The summed E-state index contributed by atoms with van der Waals surface area (Å²) in [6.45, 7) is 7.08. The number of aromatic nitrogens is 1. The third-order valence-electron chi connectivity index (χ3n) is 1.65. The molecule has 1 heterocycles. The zero-order chi connectivity index (χ0) is 12.3. The summed E-state index contributed by atoms with van der Waals surface area (Å²) in [4.78, 5) is 16.3. The van der Waals surface area contributed by atoms with Crippen LogP contribution < -0.4 is 5.32 Å². The molecule has 1 amide bonds. The van der Waals surface area contributed by atoms with Crippen molar-refractivity contribution in [2.75, 3.05) is 5.32 Å². The van der Waals surface area contributed by atoms with Gasteiger partial charge in [-0.25, -0.2) is 9.78 Å². The number of amides is 1. The highest BCUT2D eigenvalue weighted by Crippen LogP contribution is 2.22. The highest BCUT2D eigenvalue weighted by molar-refractivity contribution is 7.15. The first-order chi connectivity index (χ1) is 7.31.